The van der Waals surface area contributed by atoms with Gasteiger partial charge in [-0.1, -0.05) is 11.3 Å². The van der Waals surface area contributed by atoms with Gasteiger partial charge in [0.1, 0.15) is 5.51 Å². The molecule has 14 heavy (non-hydrogen) atoms. The minimum Gasteiger partial charge on any atom is -0.394 e. The number of aromatic nitrogens is 2. The minimum absolute atomic E-state index is 0.0576. The predicted molar refractivity (Wildman–Crippen MR) is 53.5 cm³/mol. The Hall–Kier alpha value is -0.720. The van der Waals surface area contributed by atoms with Gasteiger partial charge >= 0.3 is 0 Å². The third-order valence-electron chi connectivity index (χ3n) is 2.30. The van der Waals surface area contributed by atoms with E-state index in [2.05, 4.69) is 22.0 Å². The van der Waals surface area contributed by atoms with Gasteiger partial charge in [0.2, 0.25) is 5.13 Å². The first-order valence-corrected chi connectivity index (χ1v) is 5.44. The molecule has 1 aromatic heterocycles. The molecular formula is C8H13N3O2S. The quantitative estimate of drug-likeness (QED) is 0.759. The van der Waals surface area contributed by atoms with Crippen LogP contribution in [-0.2, 0) is 4.74 Å². The highest BCUT2D eigenvalue weighted by Crippen LogP contribution is 2.22. The lowest BCUT2D eigenvalue weighted by molar-refractivity contribution is -0.0103. The highest BCUT2D eigenvalue weighted by molar-refractivity contribution is 7.13. The molecule has 5 nitrogen and oxygen atoms in total. The Balaban J connectivity index is 2.09. The van der Waals surface area contributed by atoms with Crippen molar-refractivity contribution in [3.63, 3.8) is 0 Å². The molecule has 0 aromatic carbocycles. The van der Waals surface area contributed by atoms with Crippen molar-refractivity contribution < 1.29 is 9.84 Å². The fraction of sp³-hybridized carbons (Fsp3) is 0.750. The van der Waals surface area contributed by atoms with Crippen LogP contribution in [0.5, 0.6) is 0 Å². The van der Waals surface area contributed by atoms with Crippen molar-refractivity contribution in [1.82, 2.24) is 10.2 Å². The van der Waals surface area contributed by atoms with Crippen LogP contribution in [0.25, 0.3) is 0 Å². The van der Waals surface area contributed by atoms with Gasteiger partial charge in [-0.2, -0.15) is 0 Å². The van der Waals surface area contributed by atoms with Crippen LogP contribution in [0, 0.1) is 0 Å². The first-order chi connectivity index (χ1) is 6.81. The Morgan fingerprint density at radius 1 is 1.79 bits per heavy atom. The summed E-state index contributed by atoms with van der Waals surface area (Å²) in [5, 5.41) is 17.7. The lowest BCUT2D eigenvalue weighted by atomic mass is 10.2. The predicted octanol–water partition coefficient (Wildman–Crippen LogP) is 0.124. The molecular weight excluding hydrogens is 202 g/mol. The van der Waals surface area contributed by atoms with Crippen LogP contribution in [0.15, 0.2) is 5.51 Å². The molecule has 0 bridgehead atoms. The van der Waals surface area contributed by atoms with Crippen LogP contribution in [-0.4, -0.2) is 47.2 Å². The molecule has 2 rings (SSSR count). The second kappa shape index (κ2) is 4.20. The maximum absolute atomic E-state index is 9.01. The highest BCUT2D eigenvalue weighted by Gasteiger charge is 2.27. The molecule has 1 aliphatic heterocycles. The van der Waals surface area contributed by atoms with E-state index >= 15 is 0 Å². The van der Waals surface area contributed by atoms with Gasteiger partial charge < -0.3 is 14.7 Å². The smallest absolute Gasteiger partial charge is 0.208 e. The maximum Gasteiger partial charge on any atom is 0.208 e. The Morgan fingerprint density at radius 2 is 2.64 bits per heavy atom. The van der Waals surface area contributed by atoms with E-state index < -0.39 is 0 Å². The summed E-state index contributed by atoms with van der Waals surface area (Å²) in [7, 11) is 0. The van der Waals surface area contributed by atoms with Crippen LogP contribution >= 0.6 is 11.3 Å². The largest absolute Gasteiger partial charge is 0.394 e. The van der Waals surface area contributed by atoms with E-state index in [-0.39, 0.29) is 12.7 Å². The number of aliphatic hydroxyl groups is 1. The van der Waals surface area contributed by atoms with Crippen LogP contribution in [0.4, 0.5) is 5.13 Å². The van der Waals surface area contributed by atoms with E-state index in [1.165, 1.54) is 11.3 Å². The number of morpholine rings is 1. The molecule has 0 spiro atoms. The molecule has 78 valence electrons. The zero-order valence-electron chi connectivity index (χ0n) is 7.96. The fourth-order valence-electron chi connectivity index (χ4n) is 1.49. The molecule has 0 saturated carbocycles. The molecule has 1 N–H and O–H groups in total. The molecule has 2 heterocycles. The molecule has 6 heteroatoms. The molecule has 0 aliphatic carbocycles. The summed E-state index contributed by atoms with van der Waals surface area (Å²) in [6.07, 6.45) is -0.102. The lowest BCUT2D eigenvalue weighted by Crippen LogP contribution is -2.49. The number of hydrogen-bond donors (Lipinski definition) is 1. The van der Waals surface area contributed by atoms with Gasteiger partial charge in [-0.15, -0.1) is 10.2 Å². The van der Waals surface area contributed by atoms with Gasteiger partial charge in [-0.3, -0.25) is 0 Å². The summed E-state index contributed by atoms with van der Waals surface area (Å²) in [4.78, 5) is 2.13. The number of ether oxygens (including phenoxy) is 1. The van der Waals surface area contributed by atoms with Gasteiger partial charge in [-0.25, -0.2) is 0 Å². The fourth-order valence-corrected chi connectivity index (χ4v) is 2.16. The number of hydrogen-bond acceptors (Lipinski definition) is 6. The van der Waals surface area contributed by atoms with Crippen LogP contribution < -0.4 is 4.90 Å². The standard InChI is InChI=1S/C8H13N3O2S/c1-6-4-13-7(3-12)2-11(6)8-10-9-5-14-8/h5-7,12H,2-4H2,1H3. The van der Waals surface area contributed by atoms with Crippen molar-refractivity contribution in [3.8, 4) is 0 Å². The molecule has 1 saturated heterocycles. The third-order valence-corrected chi connectivity index (χ3v) is 3.03. The van der Waals surface area contributed by atoms with Gasteiger partial charge in [0.15, 0.2) is 0 Å². The molecule has 2 unspecified atom stereocenters. The SMILES string of the molecule is CC1COC(CO)CN1c1nncs1. The molecule has 2 atom stereocenters. The minimum atomic E-state index is -0.102. The second-order valence-corrected chi connectivity index (χ2v) is 4.17. The van der Waals surface area contributed by atoms with Crippen LogP contribution in [0.3, 0.4) is 0 Å². The summed E-state index contributed by atoms with van der Waals surface area (Å²) >= 11 is 1.51. The zero-order valence-corrected chi connectivity index (χ0v) is 8.78. The van der Waals surface area contributed by atoms with Crippen molar-refractivity contribution >= 4 is 16.5 Å². The summed E-state index contributed by atoms with van der Waals surface area (Å²) in [6.45, 7) is 3.45. The average Bonchev–Trinajstić information content (AvgIpc) is 2.71. The van der Waals surface area contributed by atoms with Gasteiger partial charge in [0.05, 0.1) is 25.4 Å². The van der Waals surface area contributed by atoms with Crippen LogP contribution in [0.2, 0.25) is 0 Å². The summed E-state index contributed by atoms with van der Waals surface area (Å²) in [5.74, 6) is 0. The Morgan fingerprint density at radius 3 is 3.29 bits per heavy atom. The van der Waals surface area contributed by atoms with Gasteiger partial charge in [-0.05, 0) is 6.92 Å². The van der Waals surface area contributed by atoms with E-state index in [9.17, 15) is 0 Å². The second-order valence-electron chi connectivity index (χ2n) is 3.36. The van der Waals surface area contributed by atoms with Crippen molar-refractivity contribution in [3.05, 3.63) is 5.51 Å². The molecule has 0 radical (unpaired) electrons. The molecule has 0 amide bonds. The van der Waals surface area contributed by atoms with Gasteiger partial charge in [0.25, 0.3) is 0 Å². The number of anilines is 1. The van der Waals surface area contributed by atoms with Crippen molar-refractivity contribution in [2.45, 2.75) is 19.1 Å². The van der Waals surface area contributed by atoms with E-state index in [0.29, 0.717) is 19.2 Å². The van der Waals surface area contributed by atoms with E-state index in [4.69, 9.17) is 9.84 Å². The number of rotatable bonds is 2. The van der Waals surface area contributed by atoms with Gasteiger partial charge in [0, 0.05) is 6.54 Å². The first-order valence-electron chi connectivity index (χ1n) is 4.56. The summed E-state index contributed by atoms with van der Waals surface area (Å²) in [6, 6.07) is 0.297. The van der Waals surface area contributed by atoms with Crippen LogP contribution in [0.1, 0.15) is 6.92 Å². The lowest BCUT2D eigenvalue weighted by Gasteiger charge is -2.36. The van der Waals surface area contributed by atoms with Crippen molar-refractivity contribution in [2.75, 3.05) is 24.7 Å². The molecule has 1 fully saturated rings. The highest BCUT2D eigenvalue weighted by atomic mass is 32.1. The van der Waals surface area contributed by atoms with Crippen molar-refractivity contribution in [1.29, 1.82) is 0 Å². The Labute approximate surface area is 86.3 Å². The zero-order chi connectivity index (χ0) is 9.97. The summed E-state index contributed by atoms with van der Waals surface area (Å²) in [5.41, 5.74) is 1.71. The van der Waals surface area contributed by atoms with E-state index in [1.807, 2.05) is 0 Å². The summed E-state index contributed by atoms with van der Waals surface area (Å²) < 4.78 is 5.43. The first kappa shape index (κ1) is 9.82. The van der Waals surface area contributed by atoms with E-state index in [0.717, 1.165) is 5.13 Å². The number of nitrogens with zero attached hydrogens (tertiary/aromatic N) is 3. The maximum atomic E-state index is 9.01. The Kier molecular flexibility index (Phi) is 2.95. The number of aliphatic hydroxyl groups excluding tert-OH is 1. The topological polar surface area (TPSA) is 58.5 Å². The average molecular weight is 215 g/mol. The molecule has 1 aliphatic rings. The van der Waals surface area contributed by atoms with E-state index in [1.54, 1.807) is 5.51 Å². The third kappa shape index (κ3) is 1.87. The monoisotopic (exact) mass is 215 g/mol. The normalized spacial score (nSPS) is 28.0. The Bertz CT molecular complexity index is 280. The van der Waals surface area contributed by atoms with Crippen molar-refractivity contribution in [2.24, 2.45) is 0 Å². The molecule has 1 aromatic rings.